The summed E-state index contributed by atoms with van der Waals surface area (Å²) in [7, 11) is 0. The number of nitrogens with zero attached hydrogens (tertiary/aromatic N) is 4. The van der Waals surface area contributed by atoms with Gasteiger partial charge in [-0.3, -0.25) is 15.1 Å². The maximum Gasteiger partial charge on any atom is 0.429 e. The molecule has 3 aromatic carbocycles. The van der Waals surface area contributed by atoms with Gasteiger partial charge in [-0.1, -0.05) is 29.8 Å². The number of hydrogen-bond donors (Lipinski definition) is 1. The van der Waals surface area contributed by atoms with Gasteiger partial charge in [0.1, 0.15) is 12.4 Å². The lowest BCUT2D eigenvalue weighted by atomic mass is 9.99. The number of primary amides is 1. The lowest BCUT2D eigenvalue weighted by Gasteiger charge is -2.22. The molecular weight excluding hydrogens is 453 g/mol. The summed E-state index contributed by atoms with van der Waals surface area (Å²) in [4.78, 5) is 36.5. The van der Waals surface area contributed by atoms with Crippen LogP contribution in [0.1, 0.15) is 11.1 Å². The van der Waals surface area contributed by atoms with Gasteiger partial charge in [0.15, 0.2) is 5.84 Å². The van der Waals surface area contributed by atoms with Crippen LogP contribution in [0, 0.1) is 15.9 Å². The summed E-state index contributed by atoms with van der Waals surface area (Å²) in [5, 5.41) is 12.8. The van der Waals surface area contributed by atoms with Crippen LogP contribution >= 0.6 is 11.6 Å². The Balaban J connectivity index is 1.90. The molecule has 1 heterocycles. The highest BCUT2D eigenvalue weighted by molar-refractivity contribution is 6.31. The second-order valence-electron chi connectivity index (χ2n) is 6.82. The van der Waals surface area contributed by atoms with Gasteiger partial charge in [0.05, 0.1) is 22.0 Å². The molecule has 0 bridgehead atoms. The number of hydrogen-bond acceptors (Lipinski definition) is 7. The molecule has 0 radical (unpaired) electrons. The van der Waals surface area contributed by atoms with Crippen LogP contribution in [0.25, 0.3) is 0 Å². The van der Waals surface area contributed by atoms with E-state index in [1.54, 1.807) is 24.3 Å². The third kappa shape index (κ3) is 4.65. The second-order valence-corrected chi connectivity index (χ2v) is 7.25. The second kappa shape index (κ2) is 9.05. The molecule has 0 fully saturated rings. The number of fused-ring (bicyclic) bond motifs is 1. The summed E-state index contributed by atoms with van der Waals surface area (Å²) < 4.78 is 14.6. The van der Waals surface area contributed by atoms with E-state index in [1.165, 1.54) is 42.5 Å². The van der Waals surface area contributed by atoms with Crippen molar-refractivity contribution >= 4 is 46.3 Å². The van der Waals surface area contributed by atoms with E-state index in [1.807, 2.05) is 0 Å². The fraction of sp³-hybridized carbons (Fsp3) is 0.0455. The SMILES string of the molecule is NC(=O)ON(C1=Nc2ccc([N+](=O)[O-])cc2C(c2ccccc2F)=NC1)c1cccc(Cl)c1. The van der Waals surface area contributed by atoms with E-state index in [4.69, 9.17) is 22.2 Å². The molecular formula is C22H15ClFN5O4. The molecule has 1 aliphatic heterocycles. The van der Waals surface area contributed by atoms with Crippen molar-refractivity contribution in [3.8, 4) is 0 Å². The van der Waals surface area contributed by atoms with Crippen LogP contribution in [-0.2, 0) is 4.84 Å². The first-order chi connectivity index (χ1) is 15.8. The summed E-state index contributed by atoms with van der Waals surface area (Å²) in [6, 6.07) is 16.3. The van der Waals surface area contributed by atoms with E-state index in [0.717, 1.165) is 5.06 Å². The average Bonchev–Trinajstić information content (AvgIpc) is 2.97. The molecule has 3 aromatic rings. The summed E-state index contributed by atoms with van der Waals surface area (Å²) >= 11 is 6.07. The quantitative estimate of drug-likeness (QED) is 0.438. The number of anilines is 1. The van der Waals surface area contributed by atoms with E-state index in [-0.39, 0.29) is 40.6 Å². The van der Waals surface area contributed by atoms with Gasteiger partial charge in [-0.15, -0.1) is 0 Å². The minimum Gasteiger partial charge on any atom is -0.333 e. The fourth-order valence-corrected chi connectivity index (χ4v) is 3.46. The molecule has 9 nitrogen and oxygen atoms in total. The van der Waals surface area contributed by atoms with E-state index >= 15 is 0 Å². The predicted molar refractivity (Wildman–Crippen MR) is 122 cm³/mol. The Morgan fingerprint density at radius 3 is 2.61 bits per heavy atom. The van der Waals surface area contributed by atoms with Crippen molar-refractivity contribution < 1.29 is 18.9 Å². The number of non-ortho nitro benzene ring substituents is 1. The van der Waals surface area contributed by atoms with E-state index in [2.05, 4.69) is 9.98 Å². The van der Waals surface area contributed by atoms with Crippen molar-refractivity contribution in [2.45, 2.75) is 0 Å². The number of hydroxylamine groups is 1. The molecule has 4 rings (SSSR count). The predicted octanol–water partition coefficient (Wildman–Crippen LogP) is 4.79. The zero-order valence-corrected chi connectivity index (χ0v) is 17.6. The fourth-order valence-electron chi connectivity index (χ4n) is 3.27. The molecule has 1 amide bonds. The number of halogens is 2. The highest BCUT2D eigenvalue weighted by Gasteiger charge is 2.25. The Kier molecular flexibility index (Phi) is 6.01. The maximum absolute atomic E-state index is 14.6. The molecule has 11 heteroatoms. The number of carbonyl (C=O) groups excluding carboxylic acids is 1. The summed E-state index contributed by atoms with van der Waals surface area (Å²) in [5.74, 6) is -0.435. The van der Waals surface area contributed by atoms with Crippen molar-refractivity contribution in [1.29, 1.82) is 0 Å². The first kappa shape index (κ1) is 21.9. The van der Waals surface area contributed by atoms with Crippen molar-refractivity contribution in [3.63, 3.8) is 0 Å². The number of amides is 1. The molecule has 0 aromatic heterocycles. The Labute approximate surface area is 191 Å². The van der Waals surface area contributed by atoms with Crippen molar-refractivity contribution in [2.75, 3.05) is 11.6 Å². The molecule has 0 saturated carbocycles. The van der Waals surface area contributed by atoms with E-state index < -0.39 is 16.8 Å². The number of nitro groups is 1. The van der Waals surface area contributed by atoms with Gasteiger partial charge < -0.3 is 10.6 Å². The molecule has 0 aliphatic carbocycles. The van der Waals surface area contributed by atoms with Gasteiger partial charge in [0, 0.05) is 28.3 Å². The van der Waals surface area contributed by atoms with Gasteiger partial charge >= 0.3 is 6.09 Å². The zero-order valence-electron chi connectivity index (χ0n) is 16.8. The highest BCUT2D eigenvalue weighted by Crippen LogP contribution is 2.31. The molecule has 1 aliphatic rings. The molecule has 0 saturated heterocycles. The van der Waals surface area contributed by atoms with Crippen LogP contribution in [0.2, 0.25) is 5.02 Å². The standard InChI is InChI=1S/C22H15ClFN5O4/c23-13-4-3-5-14(10-13)28(33-22(25)30)20-12-26-21(16-6-1-2-7-18(16)24)17-11-15(29(31)32)8-9-19(17)27-20/h1-11H,12H2,(H2,25,30). The molecule has 166 valence electrons. The van der Waals surface area contributed by atoms with Crippen LogP contribution in [0.5, 0.6) is 0 Å². The van der Waals surface area contributed by atoms with Crippen LogP contribution in [0.15, 0.2) is 76.7 Å². The number of nitrogens with two attached hydrogens (primary N) is 1. The van der Waals surface area contributed by atoms with Gasteiger partial charge in [0.2, 0.25) is 0 Å². The summed E-state index contributed by atoms with van der Waals surface area (Å²) in [6.45, 7) is -0.161. The largest absolute Gasteiger partial charge is 0.429 e. The lowest BCUT2D eigenvalue weighted by Crippen LogP contribution is -2.37. The smallest absolute Gasteiger partial charge is 0.333 e. The van der Waals surface area contributed by atoms with Gasteiger partial charge in [-0.25, -0.2) is 14.2 Å². The molecule has 2 N–H and O–H groups in total. The first-order valence-electron chi connectivity index (χ1n) is 9.52. The molecule has 0 unspecified atom stereocenters. The van der Waals surface area contributed by atoms with E-state index in [0.29, 0.717) is 10.7 Å². The maximum atomic E-state index is 14.6. The average molecular weight is 468 g/mol. The number of carbonyl (C=O) groups is 1. The van der Waals surface area contributed by atoms with Crippen LogP contribution < -0.4 is 10.8 Å². The molecule has 0 atom stereocenters. The van der Waals surface area contributed by atoms with Crippen LogP contribution in [0.3, 0.4) is 0 Å². The third-order valence-corrected chi connectivity index (χ3v) is 4.90. The normalized spacial score (nSPS) is 12.7. The molecule has 33 heavy (non-hydrogen) atoms. The topological polar surface area (TPSA) is 123 Å². The Bertz CT molecular complexity index is 1330. The molecule has 0 spiro atoms. The summed E-state index contributed by atoms with van der Waals surface area (Å²) in [5.41, 5.74) is 6.19. The van der Waals surface area contributed by atoms with Gasteiger partial charge in [-0.05, 0) is 36.4 Å². The minimum atomic E-state index is -1.11. The van der Waals surface area contributed by atoms with Crippen LogP contribution in [-0.4, -0.2) is 29.1 Å². The van der Waals surface area contributed by atoms with Crippen molar-refractivity contribution in [3.05, 3.63) is 98.8 Å². The first-order valence-corrected chi connectivity index (χ1v) is 9.90. The highest BCUT2D eigenvalue weighted by atomic mass is 35.5. The monoisotopic (exact) mass is 467 g/mol. The minimum absolute atomic E-state index is 0.123. The number of benzene rings is 3. The number of amidine groups is 1. The Hall–Kier alpha value is -4.31. The van der Waals surface area contributed by atoms with Crippen molar-refractivity contribution in [2.24, 2.45) is 15.7 Å². The Morgan fingerprint density at radius 2 is 1.91 bits per heavy atom. The number of nitro benzene ring substituents is 1. The number of aliphatic imine (C=N–C) groups is 2. The lowest BCUT2D eigenvalue weighted by molar-refractivity contribution is -0.384. The van der Waals surface area contributed by atoms with Crippen LogP contribution in [0.4, 0.5) is 26.2 Å². The van der Waals surface area contributed by atoms with Gasteiger partial charge in [-0.2, -0.15) is 5.06 Å². The van der Waals surface area contributed by atoms with Gasteiger partial charge in [0.25, 0.3) is 5.69 Å². The zero-order chi connectivity index (χ0) is 23.5. The number of rotatable bonds is 3. The van der Waals surface area contributed by atoms with E-state index in [9.17, 15) is 19.3 Å². The summed E-state index contributed by atoms with van der Waals surface area (Å²) in [6.07, 6.45) is -1.11. The van der Waals surface area contributed by atoms with Crippen molar-refractivity contribution in [1.82, 2.24) is 0 Å². The third-order valence-electron chi connectivity index (χ3n) is 4.66. The Morgan fingerprint density at radius 1 is 1.12 bits per heavy atom.